The summed E-state index contributed by atoms with van der Waals surface area (Å²) in [6.45, 7) is 10.5. The van der Waals surface area contributed by atoms with Gasteiger partial charge < -0.3 is 4.90 Å². The molecule has 1 saturated heterocycles. The summed E-state index contributed by atoms with van der Waals surface area (Å²) in [6, 6.07) is 8.91. The van der Waals surface area contributed by atoms with E-state index >= 15 is 0 Å². The van der Waals surface area contributed by atoms with Crippen LogP contribution in [0.15, 0.2) is 24.3 Å². The van der Waals surface area contributed by atoms with E-state index in [1.54, 1.807) is 11.3 Å². The van der Waals surface area contributed by atoms with Crippen molar-refractivity contribution in [3.8, 4) is 10.6 Å². The topological polar surface area (TPSA) is 36.4 Å². The van der Waals surface area contributed by atoms with Crippen molar-refractivity contribution < 1.29 is 4.79 Å². The molecule has 1 aromatic carbocycles. The highest BCUT2D eigenvalue weighted by Crippen LogP contribution is 2.33. The molecule has 156 valence electrons. The lowest BCUT2D eigenvalue weighted by atomic mass is 10.0. The molecule has 0 N–H and O–H groups in total. The van der Waals surface area contributed by atoms with Gasteiger partial charge >= 0.3 is 0 Å². The number of piperidine rings is 1. The maximum Gasteiger partial charge on any atom is 0.265 e. The Morgan fingerprint density at radius 2 is 1.90 bits per heavy atom. The fraction of sp³-hybridized carbons (Fsp3) is 0.583. The van der Waals surface area contributed by atoms with Crippen LogP contribution in [0.4, 0.5) is 0 Å². The largest absolute Gasteiger partial charge is 0.338 e. The predicted molar refractivity (Wildman–Crippen MR) is 121 cm³/mol. The molecule has 0 radical (unpaired) electrons. The normalized spacial score (nSPS) is 17.9. The maximum atomic E-state index is 13.2. The van der Waals surface area contributed by atoms with Gasteiger partial charge in [-0.3, -0.25) is 9.69 Å². The zero-order chi connectivity index (χ0) is 20.4. The molecule has 4 nitrogen and oxygen atoms in total. The van der Waals surface area contributed by atoms with Gasteiger partial charge in [-0.25, -0.2) is 4.98 Å². The fourth-order valence-corrected chi connectivity index (χ4v) is 5.57. The molecule has 1 aliphatic heterocycles. The Kier molecular flexibility index (Phi) is 6.35. The van der Waals surface area contributed by atoms with Crippen LogP contribution in [0.25, 0.3) is 10.6 Å². The Morgan fingerprint density at radius 3 is 2.55 bits per heavy atom. The summed E-state index contributed by atoms with van der Waals surface area (Å²) < 4.78 is 0. The lowest BCUT2D eigenvalue weighted by Gasteiger charge is -2.38. The lowest BCUT2D eigenvalue weighted by Crippen LogP contribution is -2.47. The number of hydrogen-bond donors (Lipinski definition) is 0. The first kappa shape index (κ1) is 20.5. The first-order chi connectivity index (χ1) is 14.1. The lowest BCUT2D eigenvalue weighted by molar-refractivity contribution is 0.0615. The molecule has 1 saturated carbocycles. The van der Waals surface area contributed by atoms with Crippen LogP contribution in [-0.2, 0) is 0 Å². The van der Waals surface area contributed by atoms with E-state index in [0.717, 1.165) is 53.0 Å². The summed E-state index contributed by atoms with van der Waals surface area (Å²) in [5, 5.41) is 0.956. The average Bonchev–Trinajstić information content (AvgIpc) is 3.47. The van der Waals surface area contributed by atoms with Crippen LogP contribution in [0.3, 0.4) is 0 Å². The molecule has 0 unspecified atom stereocenters. The number of amides is 1. The van der Waals surface area contributed by atoms with E-state index in [1.165, 1.54) is 37.9 Å². The van der Waals surface area contributed by atoms with Gasteiger partial charge in [0, 0.05) is 31.2 Å². The van der Waals surface area contributed by atoms with Crippen LogP contribution in [0, 0.1) is 19.8 Å². The second kappa shape index (κ2) is 8.97. The van der Waals surface area contributed by atoms with Gasteiger partial charge in [0.2, 0.25) is 0 Å². The minimum Gasteiger partial charge on any atom is -0.338 e. The summed E-state index contributed by atoms with van der Waals surface area (Å²) in [4.78, 5) is 23.5. The second-order valence-corrected chi connectivity index (χ2v) is 9.71. The van der Waals surface area contributed by atoms with Gasteiger partial charge in [-0.2, -0.15) is 0 Å². The fourth-order valence-electron chi connectivity index (χ4n) is 4.44. The van der Waals surface area contributed by atoms with Gasteiger partial charge in [-0.05, 0) is 64.0 Å². The minimum atomic E-state index is 0.169. The molecule has 0 bridgehead atoms. The molecule has 1 amide bonds. The van der Waals surface area contributed by atoms with Gasteiger partial charge in [0.15, 0.2) is 0 Å². The Hall–Kier alpha value is -1.72. The number of carbonyl (C=O) groups is 1. The van der Waals surface area contributed by atoms with Crippen molar-refractivity contribution in [3.05, 3.63) is 40.4 Å². The Balaban J connectivity index is 1.41. The van der Waals surface area contributed by atoms with E-state index < -0.39 is 0 Å². The molecule has 2 fully saturated rings. The minimum absolute atomic E-state index is 0.169. The standard InChI is InChI=1S/C24H33N3OS/c1-4-13-27(16-19-9-10-19)20-11-14-26(15-12-20)24(28)22-18(3)25-23(29-22)21-8-6-5-7-17(21)2/h5-8,19-20H,4,9-16H2,1-3H3. The third-order valence-electron chi connectivity index (χ3n) is 6.33. The number of aryl methyl sites for hydroxylation is 2. The van der Waals surface area contributed by atoms with Crippen molar-refractivity contribution in [1.29, 1.82) is 0 Å². The number of thiazole rings is 1. The number of carbonyl (C=O) groups excluding carboxylic acids is 1. The van der Waals surface area contributed by atoms with Gasteiger partial charge in [0.25, 0.3) is 5.91 Å². The van der Waals surface area contributed by atoms with Gasteiger partial charge in [0.05, 0.1) is 5.69 Å². The highest BCUT2D eigenvalue weighted by Gasteiger charge is 2.32. The number of rotatable bonds is 7. The molecular formula is C24H33N3OS. The van der Waals surface area contributed by atoms with E-state index in [1.807, 2.05) is 19.1 Å². The summed E-state index contributed by atoms with van der Waals surface area (Å²) >= 11 is 1.55. The van der Waals surface area contributed by atoms with Crippen molar-refractivity contribution >= 4 is 17.2 Å². The molecule has 0 atom stereocenters. The summed E-state index contributed by atoms with van der Waals surface area (Å²) in [5.74, 6) is 1.10. The quantitative estimate of drug-likeness (QED) is 0.632. The molecule has 2 aliphatic rings. The van der Waals surface area contributed by atoms with E-state index in [9.17, 15) is 4.79 Å². The van der Waals surface area contributed by atoms with Crippen LogP contribution in [-0.4, -0.2) is 52.9 Å². The summed E-state index contributed by atoms with van der Waals surface area (Å²) in [6.07, 6.45) is 6.23. The number of benzene rings is 1. The highest BCUT2D eigenvalue weighted by atomic mass is 32.1. The molecule has 1 aromatic heterocycles. The van der Waals surface area contributed by atoms with E-state index in [0.29, 0.717) is 6.04 Å². The third-order valence-corrected chi connectivity index (χ3v) is 7.51. The SMILES string of the molecule is CCCN(CC1CC1)C1CCN(C(=O)c2sc(-c3ccccc3C)nc2C)CC1. The number of hydrogen-bond acceptors (Lipinski definition) is 4. The zero-order valence-corrected chi connectivity index (χ0v) is 18.8. The Labute approximate surface area is 178 Å². The third kappa shape index (κ3) is 4.72. The van der Waals surface area contributed by atoms with Gasteiger partial charge in [-0.15, -0.1) is 11.3 Å². The second-order valence-electron chi connectivity index (χ2n) is 8.71. The number of aromatic nitrogens is 1. The van der Waals surface area contributed by atoms with Gasteiger partial charge in [-0.1, -0.05) is 31.2 Å². The molecule has 29 heavy (non-hydrogen) atoms. The average molecular weight is 412 g/mol. The van der Waals surface area contributed by atoms with Crippen molar-refractivity contribution in [2.75, 3.05) is 26.2 Å². The Bertz CT molecular complexity index is 850. The van der Waals surface area contributed by atoms with Crippen LogP contribution in [0.5, 0.6) is 0 Å². The van der Waals surface area contributed by atoms with Gasteiger partial charge in [0.1, 0.15) is 9.88 Å². The van der Waals surface area contributed by atoms with Crippen molar-refractivity contribution in [2.24, 2.45) is 5.92 Å². The first-order valence-corrected chi connectivity index (χ1v) is 11.9. The molecule has 1 aliphatic carbocycles. The van der Waals surface area contributed by atoms with E-state index in [-0.39, 0.29) is 5.91 Å². The number of nitrogens with zero attached hydrogens (tertiary/aromatic N) is 3. The molecule has 2 heterocycles. The van der Waals surface area contributed by atoms with Crippen LogP contribution < -0.4 is 0 Å². The number of likely N-dealkylation sites (tertiary alicyclic amines) is 1. The van der Waals surface area contributed by atoms with E-state index in [4.69, 9.17) is 4.98 Å². The maximum absolute atomic E-state index is 13.2. The van der Waals surface area contributed by atoms with Crippen LogP contribution in [0.1, 0.15) is 60.0 Å². The summed E-state index contributed by atoms with van der Waals surface area (Å²) in [5.41, 5.74) is 3.20. The highest BCUT2D eigenvalue weighted by molar-refractivity contribution is 7.17. The summed E-state index contributed by atoms with van der Waals surface area (Å²) in [7, 11) is 0. The van der Waals surface area contributed by atoms with Crippen LogP contribution >= 0.6 is 11.3 Å². The molecule has 0 spiro atoms. The van der Waals surface area contributed by atoms with Crippen LogP contribution in [0.2, 0.25) is 0 Å². The predicted octanol–water partition coefficient (Wildman–Crippen LogP) is 5.15. The van der Waals surface area contributed by atoms with E-state index in [2.05, 4.69) is 35.8 Å². The molecule has 5 heteroatoms. The van der Waals surface area contributed by atoms with Crippen molar-refractivity contribution in [3.63, 3.8) is 0 Å². The smallest absolute Gasteiger partial charge is 0.265 e. The zero-order valence-electron chi connectivity index (χ0n) is 18.0. The Morgan fingerprint density at radius 1 is 1.17 bits per heavy atom. The molecule has 4 rings (SSSR count). The molecule has 2 aromatic rings. The monoisotopic (exact) mass is 411 g/mol. The molecular weight excluding hydrogens is 378 g/mol. The first-order valence-electron chi connectivity index (χ1n) is 11.1. The van der Waals surface area contributed by atoms with Crippen molar-refractivity contribution in [1.82, 2.24) is 14.8 Å². The van der Waals surface area contributed by atoms with Crippen molar-refractivity contribution in [2.45, 2.75) is 58.9 Å².